The summed E-state index contributed by atoms with van der Waals surface area (Å²) in [7, 11) is 0. The maximum atomic E-state index is 9.68. The van der Waals surface area contributed by atoms with E-state index < -0.39 is 0 Å². The highest BCUT2D eigenvalue weighted by Crippen LogP contribution is 2.06. The number of thiocarbonyl (C=S) groups is 2. The van der Waals surface area contributed by atoms with Crippen LogP contribution in [0.25, 0.3) is 0 Å². The Kier molecular flexibility index (Phi) is 18.2. The summed E-state index contributed by atoms with van der Waals surface area (Å²) in [5.74, 6) is 0. The van der Waals surface area contributed by atoms with Gasteiger partial charge in [0.25, 0.3) is 0 Å². The van der Waals surface area contributed by atoms with Crippen LogP contribution in [0.15, 0.2) is 65.7 Å². The number of hydrogen-bond donors (Lipinski definition) is 2. The van der Waals surface area contributed by atoms with Crippen molar-refractivity contribution in [2.45, 2.75) is 6.92 Å². The molecule has 2 N–H and O–H groups in total. The van der Waals surface area contributed by atoms with Crippen molar-refractivity contribution >= 4 is 46.5 Å². The van der Waals surface area contributed by atoms with Gasteiger partial charge in [-0.25, -0.2) is 15.6 Å². The minimum Gasteiger partial charge on any atom is -0.248 e. The number of para-hydroxylation sites is 1. The van der Waals surface area contributed by atoms with Crippen molar-refractivity contribution in [1.29, 1.82) is 10.8 Å². The number of carbonyl (C=O) groups excluding carboxylic acids is 1. The molecule has 0 saturated carbocycles. The lowest BCUT2D eigenvalue weighted by molar-refractivity contribution is 0.565. The summed E-state index contributed by atoms with van der Waals surface area (Å²) in [6, 6.07) is 19.2. The minimum atomic E-state index is 0.646. The normalized spacial score (nSPS) is 6.77. The molecule has 0 aromatic heterocycles. The van der Waals surface area contributed by atoms with Gasteiger partial charge in [0.2, 0.25) is 6.08 Å². The fourth-order valence-corrected chi connectivity index (χ4v) is 1.09. The van der Waals surface area contributed by atoms with E-state index in [1.54, 1.807) is 22.5 Å². The van der Waals surface area contributed by atoms with Crippen molar-refractivity contribution < 1.29 is 4.79 Å². The zero-order valence-corrected chi connectivity index (χ0v) is 13.6. The van der Waals surface area contributed by atoms with Gasteiger partial charge in [-0.2, -0.15) is 4.99 Å². The van der Waals surface area contributed by atoms with Gasteiger partial charge in [-0.3, -0.25) is 0 Å². The van der Waals surface area contributed by atoms with Gasteiger partial charge in [0.15, 0.2) is 0 Å². The SMILES string of the molecule is Cc1ccccc1.N=C=S.N=C=S.O=C=Nc1ccccc1. The van der Waals surface area contributed by atoms with Crippen LogP contribution in [0.5, 0.6) is 0 Å². The summed E-state index contributed by atoms with van der Waals surface area (Å²) in [6.45, 7) is 2.08. The van der Waals surface area contributed by atoms with Gasteiger partial charge in [-0.15, -0.1) is 0 Å². The smallest absolute Gasteiger partial charge is 0.240 e. The Morgan fingerprint density at radius 1 is 0.864 bits per heavy atom. The van der Waals surface area contributed by atoms with Crippen molar-refractivity contribution in [3.05, 3.63) is 66.2 Å². The monoisotopic (exact) mass is 329 g/mol. The van der Waals surface area contributed by atoms with E-state index >= 15 is 0 Å². The van der Waals surface area contributed by atoms with Crippen LogP contribution >= 0.6 is 24.4 Å². The third-order valence-electron chi connectivity index (χ3n) is 1.87. The first-order chi connectivity index (χ1) is 10.7. The van der Waals surface area contributed by atoms with Crippen molar-refractivity contribution in [3.8, 4) is 0 Å². The molecule has 0 aliphatic carbocycles. The van der Waals surface area contributed by atoms with Crippen LogP contribution in [0.3, 0.4) is 0 Å². The third kappa shape index (κ3) is 17.4. The summed E-state index contributed by atoms with van der Waals surface area (Å²) in [6.07, 6.45) is 1.46. The summed E-state index contributed by atoms with van der Waals surface area (Å²) in [5, 5.41) is 14.7. The first kappa shape index (κ1) is 21.7. The zero-order valence-electron chi connectivity index (χ0n) is 11.9. The molecule has 4 nitrogen and oxygen atoms in total. The quantitative estimate of drug-likeness (QED) is 0.440. The molecule has 0 unspecified atom stereocenters. The predicted octanol–water partition coefficient (Wildman–Crippen LogP) is 4.98. The Morgan fingerprint density at radius 3 is 1.50 bits per heavy atom. The molecule has 2 rings (SSSR count). The highest BCUT2D eigenvalue weighted by atomic mass is 32.1. The molecule has 0 bridgehead atoms. The molecule has 0 radical (unpaired) electrons. The maximum absolute atomic E-state index is 9.68. The highest BCUT2D eigenvalue weighted by Gasteiger charge is 1.80. The van der Waals surface area contributed by atoms with Gasteiger partial charge in [0.1, 0.15) is 0 Å². The van der Waals surface area contributed by atoms with E-state index in [4.69, 9.17) is 10.8 Å². The highest BCUT2D eigenvalue weighted by molar-refractivity contribution is 7.78. The lowest BCUT2D eigenvalue weighted by atomic mass is 10.2. The molecule has 0 aliphatic rings. The first-order valence-corrected chi connectivity index (χ1v) is 6.70. The summed E-state index contributed by atoms with van der Waals surface area (Å²) in [4.78, 5) is 13.1. The van der Waals surface area contributed by atoms with Crippen LogP contribution in [0.4, 0.5) is 5.69 Å². The van der Waals surface area contributed by atoms with Crippen molar-refractivity contribution in [1.82, 2.24) is 0 Å². The standard InChI is InChI=1S/C7H5NO.C7H8.2CHNS/c9-6-8-7-4-2-1-3-5-7;1-7-5-3-2-4-6-7;2*2-1-3/h1-5H;2-6H,1H3;2*2H. The Hall–Kier alpha value is -2.58. The van der Waals surface area contributed by atoms with Crippen LogP contribution < -0.4 is 0 Å². The van der Waals surface area contributed by atoms with E-state index in [9.17, 15) is 4.79 Å². The summed E-state index contributed by atoms with van der Waals surface area (Å²) < 4.78 is 0. The average Bonchev–Trinajstić information content (AvgIpc) is 2.52. The van der Waals surface area contributed by atoms with Gasteiger partial charge < -0.3 is 0 Å². The minimum absolute atomic E-state index is 0.646. The lowest BCUT2D eigenvalue weighted by Crippen LogP contribution is -1.62. The molecular formula is C16H15N3OS2. The molecule has 2 aromatic carbocycles. The lowest BCUT2D eigenvalue weighted by Gasteiger charge is -1.83. The molecule has 0 spiro atoms. The molecule has 112 valence electrons. The second kappa shape index (κ2) is 18.4. The molecule has 0 saturated heterocycles. The van der Waals surface area contributed by atoms with Crippen LogP contribution in [0.1, 0.15) is 5.56 Å². The Morgan fingerprint density at radius 2 is 1.23 bits per heavy atom. The Labute approximate surface area is 140 Å². The summed E-state index contributed by atoms with van der Waals surface area (Å²) >= 11 is 7.62. The van der Waals surface area contributed by atoms with Crippen molar-refractivity contribution in [3.63, 3.8) is 0 Å². The average molecular weight is 329 g/mol. The molecule has 0 atom stereocenters. The van der Waals surface area contributed by atoms with E-state index in [1.165, 1.54) is 11.6 Å². The van der Waals surface area contributed by atoms with Crippen LogP contribution in [-0.4, -0.2) is 16.4 Å². The molecular weight excluding hydrogens is 314 g/mol. The second-order valence-corrected chi connectivity index (χ2v) is 3.81. The number of nitrogens with zero attached hydrogens (tertiary/aromatic N) is 1. The largest absolute Gasteiger partial charge is 0.248 e. The van der Waals surface area contributed by atoms with Crippen LogP contribution in [0.2, 0.25) is 0 Å². The van der Waals surface area contributed by atoms with Crippen molar-refractivity contribution in [2.75, 3.05) is 0 Å². The molecule has 0 heterocycles. The number of aliphatic imine (C=N–C) groups is 1. The van der Waals surface area contributed by atoms with Crippen molar-refractivity contribution in [2.24, 2.45) is 4.99 Å². The fraction of sp³-hybridized carbons (Fsp3) is 0.0625. The molecule has 6 heteroatoms. The van der Waals surface area contributed by atoms with E-state index in [2.05, 4.69) is 48.5 Å². The van der Waals surface area contributed by atoms with E-state index in [0.29, 0.717) is 5.69 Å². The van der Waals surface area contributed by atoms with Gasteiger partial charge in [0, 0.05) is 0 Å². The third-order valence-corrected chi connectivity index (χ3v) is 1.87. The van der Waals surface area contributed by atoms with Gasteiger partial charge in [0.05, 0.1) is 16.0 Å². The van der Waals surface area contributed by atoms with E-state index in [0.717, 1.165) is 0 Å². The Balaban J connectivity index is 0. The van der Waals surface area contributed by atoms with Gasteiger partial charge in [-0.1, -0.05) is 54.1 Å². The van der Waals surface area contributed by atoms with Crippen LogP contribution in [-0.2, 0) is 4.79 Å². The van der Waals surface area contributed by atoms with E-state index in [1.807, 2.05) is 36.4 Å². The number of nitrogens with one attached hydrogen (secondary N) is 2. The number of isocyanates is 1. The number of aryl methyl sites for hydroxylation is 1. The topological polar surface area (TPSA) is 77.1 Å². The summed E-state index contributed by atoms with van der Waals surface area (Å²) in [5.41, 5.74) is 1.97. The Bertz CT molecular complexity index is 600. The van der Waals surface area contributed by atoms with E-state index in [-0.39, 0.29) is 0 Å². The predicted molar refractivity (Wildman–Crippen MR) is 96.0 cm³/mol. The molecule has 2 aromatic rings. The number of rotatable bonds is 1. The molecule has 0 aliphatic heterocycles. The number of benzene rings is 2. The van der Waals surface area contributed by atoms with Gasteiger partial charge in [-0.05, 0) is 43.5 Å². The number of hydrogen-bond acceptors (Lipinski definition) is 6. The second-order valence-electron chi connectivity index (χ2n) is 3.40. The van der Waals surface area contributed by atoms with Gasteiger partial charge >= 0.3 is 0 Å². The number of isothiocyanates is 2. The fourth-order valence-electron chi connectivity index (χ4n) is 1.09. The van der Waals surface area contributed by atoms with Crippen LogP contribution in [0, 0.1) is 17.7 Å². The molecule has 0 amide bonds. The molecule has 0 fully saturated rings. The zero-order chi connectivity index (χ0) is 17.1. The first-order valence-electron chi connectivity index (χ1n) is 5.88. The molecule has 22 heavy (non-hydrogen) atoms. The maximum Gasteiger partial charge on any atom is 0.240 e.